The highest BCUT2D eigenvalue weighted by molar-refractivity contribution is 6.58. The predicted molar refractivity (Wildman–Crippen MR) is 157 cm³/mol. The smallest absolute Gasteiger partial charge is 0.258 e. The maximum Gasteiger partial charge on any atom is 0.258 e. The molecule has 4 aliphatic rings. The zero-order valence-corrected chi connectivity index (χ0v) is 25.6. The van der Waals surface area contributed by atoms with Gasteiger partial charge >= 0.3 is 0 Å². The second-order valence-electron chi connectivity index (χ2n) is 12.6. The minimum Gasteiger partial charge on any atom is -0.504 e. The van der Waals surface area contributed by atoms with E-state index in [4.69, 9.17) is 27.9 Å². The summed E-state index contributed by atoms with van der Waals surface area (Å²) in [6, 6.07) is 9.41. The van der Waals surface area contributed by atoms with Gasteiger partial charge in [0.15, 0.2) is 21.2 Å². The number of carbonyl (C=O) groups excluding carboxylic acids is 4. The zero-order valence-electron chi connectivity index (χ0n) is 24.1. The molecule has 2 aliphatic carbocycles. The Morgan fingerprint density at radius 2 is 1.67 bits per heavy atom. The molecule has 2 aromatic carbocycles. The van der Waals surface area contributed by atoms with Crippen LogP contribution in [-0.2, 0) is 19.2 Å². The van der Waals surface area contributed by atoms with E-state index in [0.29, 0.717) is 11.1 Å². The molecule has 0 spiro atoms. The van der Waals surface area contributed by atoms with Crippen LogP contribution in [0, 0.1) is 23.6 Å². The number of benzene rings is 2. The summed E-state index contributed by atoms with van der Waals surface area (Å²) in [7, 11) is 0. The molecule has 1 saturated carbocycles. The monoisotopic (exact) mass is 628 g/mol. The SMILES string of the molecule is CCOc1cc(C2C3=CCC4C(=O)N(C(C)(C)C)C(=O)C4C3CC3(Cl)C(=O)N(c4ccc(F)cc4)C(=O)C23Cl)ccc1O. The number of likely N-dealkylation sites (tertiary alicyclic amines) is 1. The Bertz CT molecular complexity index is 1600. The van der Waals surface area contributed by atoms with Crippen molar-refractivity contribution in [3.05, 3.63) is 65.5 Å². The van der Waals surface area contributed by atoms with E-state index in [1.807, 2.05) is 6.08 Å². The van der Waals surface area contributed by atoms with Crippen molar-refractivity contribution < 1.29 is 33.4 Å². The maximum absolute atomic E-state index is 14.4. The van der Waals surface area contributed by atoms with E-state index in [0.717, 1.165) is 17.0 Å². The first-order valence-corrected chi connectivity index (χ1v) is 15.0. The number of nitrogens with zero attached hydrogens (tertiary/aromatic N) is 2. The first kappa shape index (κ1) is 29.6. The number of halogens is 3. The van der Waals surface area contributed by atoms with Gasteiger partial charge in [0, 0.05) is 11.5 Å². The molecule has 6 unspecified atom stereocenters. The Morgan fingerprint density at radius 1 is 1.00 bits per heavy atom. The highest BCUT2D eigenvalue weighted by atomic mass is 35.5. The van der Waals surface area contributed by atoms with Crippen molar-refractivity contribution in [3.63, 3.8) is 0 Å². The highest BCUT2D eigenvalue weighted by Crippen LogP contribution is 2.66. The molecular formula is C32H31Cl2FN2O6. The molecule has 4 amide bonds. The number of anilines is 1. The van der Waals surface area contributed by atoms with E-state index >= 15 is 0 Å². The fraction of sp³-hybridized carbons (Fsp3) is 0.438. The van der Waals surface area contributed by atoms with Crippen LogP contribution in [0.15, 0.2) is 54.1 Å². The summed E-state index contributed by atoms with van der Waals surface area (Å²) in [4.78, 5) is 54.2. The molecule has 11 heteroatoms. The van der Waals surface area contributed by atoms with Gasteiger partial charge in [0.1, 0.15) is 5.82 Å². The van der Waals surface area contributed by atoms with E-state index in [9.17, 15) is 28.7 Å². The van der Waals surface area contributed by atoms with Gasteiger partial charge in [0.2, 0.25) is 11.8 Å². The fourth-order valence-electron chi connectivity index (χ4n) is 7.42. The molecule has 226 valence electrons. The quantitative estimate of drug-likeness (QED) is 0.280. The van der Waals surface area contributed by atoms with Crippen LogP contribution in [0.25, 0.3) is 0 Å². The van der Waals surface area contributed by atoms with Crippen LogP contribution in [0.5, 0.6) is 11.5 Å². The van der Waals surface area contributed by atoms with E-state index in [-0.39, 0.29) is 48.4 Å². The van der Waals surface area contributed by atoms with Crippen molar-refractivity contribution in [3.8, 4) is 11.5 Å². The Hall–Kier alpha value is -3.43. The second-order valence-corrected chi connectivity index (χ2v) is 13.8. The van der Waals surface area contributed by atoms with E-state index in [2.05, 4.69) is 0 Å². The van der Waals surface area contributed by atoms with Crippen LogP contribution >= 0.6 is 23.2 Å². The number of phenolic OH excluding ortho intramolecular Hbond substituents is 1. The molecule has 6 rings (SSSR count). The Balaban J connectivity index is 1.56. The van der Waals surface area contributed by atoms with Gasteiger partial charge in [-0.3, -0.25) is 24.1 Å². The van der Waals surface area contributed by atoms with Crippen LogP contribution in [0.3, 0.4) is 0 Å². The van der Waals surface area contributed by atoms with Gasteiger partial charge in [-0.1, -0.05) is 17.7 Å². The minimum atomic E-state index is -2.06. The third kappa shape index (κ3) is 4.00. The molecule has 6 atom stereocenters. The Labute approximate surface area is 258 Å². The molecule has 2 heterocycles. The summed E-state index contributed by atoms with van der Waals surface area (Å²) in [5.41, 5.74) is 0.407. The number of alkyl halides is 2. The lowest BCUT2D eigenvalue weighted by Gasteiger charge is -2.50. The summed E-state index contributed by atoms with van der Waals surface area (Å²) in [5, 5.41) is 10.5. The largest absolute Gasteiger partial charge is 0.504 e. The molecule has 0 aromatic heterocycles. The van der Waals surface area contributed by atoms with Crippen LogP contribution in [0.4, 0.5) is 10.1 Å². The van der Waals surface area contributed by atoms with Crippen LogP contribution in [0.2, 0.25) is 0 Å². The topological polar surface area (TPSA) is 104 Å². The summed E-state index contributed by atoms with van der Waals surface area (Å²) < 4.78 is 19.4. The number of amides is 4. The Kier molecular flexibility index (Phi) is 6.75. The standard InChI is InChI=1S/C32H31Cl2FN2O6/c1-5-43-23-14-16(6-13-22(23)38)25-19-11-12-20-24(27(40)37(26(20)39)30(2,3)4)21(19)15-31(33)28(41)36(29(42)32(25,31)34)18-9-7-17(35)8-10-18/h6-11,13-14,20-21,24-25,38H,5,12,15H2,1-4H3. The van der Waals surface area contributed by atoms with E-state index in [1.54, 1.807) is 39.8 Å². The van der Waals surface area contributed by atoms with Gasteiger partial charge < -0.3 is 9.84 Å². The van der Waals surface area contributed by atoms with Crippen LogP contribution < -0.4 is 9.64 Å². The normalized spacial score (nSPS) is 32.0. The fourth-order valence-corrected chi connectivity index (χ4v) is 8.35. The molecule has 43 heavy (non-hydrogen) atoms. The number of aromatic hydroxyl groups is 1. The molecule has 0 radical (unpaired) electrons. The summed E-state index contributed by atoms with van der Waals surface area (Å²) in [6.45, 7) is 7.36. The summed E-state index contributed by atoms with van der Waals surface area (Å²) in [5.74, 6) is -5.93. The lowest BCUT2D eigenvalue weighted by molar-refractivity contribution is -0.145. The first-order chi connectivity index (χ1) is 20.2. The van der Waals surface area contributed by atoms with Crippen molar-refractivity contribution in [1.29, 1.82) is 0 Å². The molecule has 2 aromatic rings. The number of fused-ring (bicyclic) bond motifs is 4. The number of allylic oxidation sites excluding steroid dienone is 2. The minimum absolute atomic E-state index is 0.103. The molecule has 1 N–H and O–H groups in total. The molecule has 0 bridgehead atoms. The zero-order chi connectivity index (χ0) is 31.2. The van der Waals surface area contributed by atoms with Crippen molar-refractivity contribution in [2.24, 2.45) is 17.8 Å². The van der Waals surface area contributed by atoms with Crippen LogP contribution in [0.1, 0.15) is 52.0 Å². The lowest BCUT2D eigenvalue weighted by Crippen LogP contribution is -2.60. The van der Waals surface area contributed by atoms with Crippen molar-refractivity contribution in [1.82, 2.24) is 4.90 Å². The van der Waals surface area contributed by atoms with Crippen molar-refractivity contribution in [2.45, 2.75) is 61.7 Å². The van der Waals surface area contributed by atoms with Gasteiger partial charge in [-0.15, -0.1) is 23.2 Å². The molecule has 2 aliphatic heterocycles. The third-order valence-electron chi connectivity index (χ3n) is 9.18. The Morgan fingerprint density at radius 3 is 2.30 bits per heavy atom. The van der Waals surface area contributed by atoms with Gasteiger partial charge in [-0.25, -0.2) is 9.29 Å². The van der Waals surface area contributed by atoms with Crippen molar-refractivity contribution in [2.75, 3.05) is 11.5 Å². The molecular weight excluding hydrogens is 598 g/mol. The first-order valence-electron chi connectivity index (χ1n) is 14.2. The second kappa shape index (κ2) is 9.79. The summed E-state index contributed by atoms with van der Waals surface area (Å²) >= 11 is 14.7. The van der Waals surface area contributed by atoms with E-state index in [1.165, 1.54) is 23.1 Å². The number of carbonyl (C=O) groups is 4. The third-order valence-corrected chi connectivity index (χ3v) is 10.6. The number of hydrogen-bond donors (Lipinski definition) is 1. The van der Waals surface area contributed by atoms with Gasteiger partial charge in [-0.2, -0.15) is 0 Å². The molecule has 3 fully saturated rings. The lowest BCUT2D eigenvalue weighted by atomic mass is 9.56. The number of ether oxygens (including phenoxy) is 1. The van der Waals surface area contributed by atoms with Gasteiger partial charge in [0.25, 0.3) is 11.8 Å². The maximum atomic E-state index is 14.4. The predicted octanol–water partition coefficient (Wildman–Crippen LogP) is 5.29. The summed E-state index contributed by atoms with van der Waals surface area (Å²) in [6.07, 6.45) is 1.92. The average molecular weight is 630 g/mol. The molecule has 8 nitrogen and oxygen atoms in total. The van der Waals surface area contributed by atoms with E-state index < -0.39 is 56.6 Å². The van der Waals surface area contributed by atoms with Crippen LogP contribution in [-0.4, -0.2) is 55.5 Å². The average Bonchev–Trinajstić information content (AvgIpc) is 3.29. The number of hydrogen-bond acceptors (Lipinski definition) is 6. The number of imide groups is 2. The van der Waals surface area contributed by atoms with Gasteiger partial charge in [-0.05, 0) is 88.4 Å². The number of phenols is 1. The van der Waals surface area contributed by atoms with Crippen molar-refractivity contribution >= 4 is 52.5 Å². The molecule has 2 saturated heterocycles. The highest BCUT2D eigenvalue weighted by Gasteiger charge is 2.76. The number of rotatable bonds is 4. The van der Waals surface area contributed by atoms with Gasteiger partial charge in [0.05, 0.1) is 24.1 Å².